The first kappa shape index (κ1) is 25.5. The predicted molar refractivity (Wildman–Crippen MR) is 163 cm³/mol. The van der Waals surface area contributed by atoms with E-state index in [0.29, 0.717) is 24.9 Å². The molecule has 0 radical (unpaired) electrons. The van der Waals surface area contributed by atoms with E-state index < -0.39 is 5.41 Å². The third-order valence-corrected chi connectivity index (χ3v) is 8.49. The summed E-state index contributed by atoms with van der Waals surface area (Å²) in [6, 6.07) is 28.6. The standard InChI is InChI=1S/C35H28N6O/c1-23-29(31-12-5-3-8-25(31)17-36)13-14-32-33(23)41(20-26-10-6-9-24-7-2-4-11-30(24)26)34(42)35(32,15-27-18-37-21-39-27)16-28-19-38-22-40-28/h2-14,18-19,21-22H,15-16,20H2,1H3,(H,37,39)(H,38,40). The van der Waals surface area contributed by atoms with Crippen LogP contribution in [0.25, 0.3) is 21.9 Å². The average molecular weight is 549 g/mol. The van der Waals surface area contributed by atoms with Crippen LogP contribution in [0, 0.1) is 18.3 Å². The van der Waals surface area contributed by atoms with Crippen molar-refractivity contribution >= 4 is 22.4 Å². The quantitative estimate of drug-likeness (QED) is 0.241. The zero-order valence-electron chi connectivity index (χ0n) is 23.1. The van der Waals surface area contributed by atoms with Crippen molar-refractivity contribution in [1.29, 1.82) is 5.26 Å². The van der Waals surface area contributed by atoms with Gasteiger partial charge in [-0.1, -0.05) is 72.8 Å². The Bertz CT molecular complexity index is 1930. The number of carbonyl (C=O) groups is 1. The van der Waals surface area contributed by atoms with E-state index in [4.69, 9.17) is 0 Å². The molecule has 7 rings (SSSR count). The molecule has 0 fully saturated rings. The van der Waals surface area contributed by atoms with Gasteiger partial charge in [-0.05, 0) is 51.6 Å². The number of imidazole rings is 2. The Morgan fingerprint density at radius 1 is 0.833 bits per heavy atom. The molecule has 204 valence electrons. The summed E-state index contributed by atoms with van der Waals surface area (Å²) in [5, 5.41) is 12.1. The number of fused-ring (bicyclic) bond motifs is 2. The normalized spacial score (nSPS) is 13.8. The van der Waals surface area contributed by atoms with E-state index in [1.165, 1.54) is 0 Å². The maximum atomic E-state index is 15.0. The summed E-state index contributed by atoms with van der Waals surface area (Å²) in [5.41, 5.74) is 7.00. The minimum absolute atomic E-state index is 0.0188. The molecule has 0 saturated heterocycles. The molecule has 1 aliphatic heterocycles. The van der Waals surface area contributed by atoms with Crippen molar-refractivity contribution in [2.24, 2.45) is 0 Å². The van der Waals surface area contributed by atoms with Crippen molar-refractivity contribution < 1.29 is 4.79 Å². The molecule has 3 heterocycles. The lowest BCUT2D eigenvalue weighted by Gasteiger charge is -2.28. The molecule has 4 aromatic carbocycles. The molecule has 0 unspecified atom stereocenters. The molecular weight excluding hydrogens is 520 g/mol. The van der Waals surface area contributed by atoms with Crippen molar-refractivity contribution in [3.05, 3.63) is 138 Å². The molecule has 0 aliphatic carbocycles. The van der Waals surface area contributed by atoms with Crippen LogP contribution in [-0.2, 0) is 29.6 Å². The van der Waals surface area contributed by atoms with Crippen LogP contribution in [-0.4, -0.2) is 25.8 Å². The molecule has 0 saturated carbocycles. The van der Waals surface area contributed by atoms with Gasteiger partial charge in [0.1, 0.15) is 0 Å². The highest BCUT2D eigenvalue weighted by atomic mass is 16.2. The van der Waals surface area contributed by atoms with Crippen LogP contribution in [0.2, 0.25) is 0 Å². The number of nitriles is 1. The first-order valence-electron chi connectivity index (χ1n) is 14.0. The van der Waals surface area contributed by atoms with Crippen LogP contribution >= 0.6 is 0 Å². The maximum Gasteiger partial charge on any atom is 0.238 e. The fourth-order valence-corrected chi connectivity index (χ4v) is 6.57. The van der Waals surface area contributed by atoms with E-state index in [-0.39, 0.29) is 5.91 Å². The van der Waals surface area contributed by atoms with Gasteiger partial charge in [-0.25, -0.2) is 9.97 Å². The second-order valence-electron chi connectivity index (χ2n) is 10.9. The fourth-order valence-electron chi connectivity index (χ4n) is 6.57. The number of nitrogens with zero attached hydrogens (tertiary/aromatic N) is 4. The number of H-pyrrole nitrogens is 2. The lowest BCUT2D eigenvalue weighted by Crippen LogP contribution is -2.43. The van der Waals surface area contributed by atoms with Crippen molar-refractivity contribution in [1.82, 2.24) is 19.9 Å². The molecule has 2 aromatic heterocycles. The Labute approximate surface area is 243 Å². The zero-order valence-corrected chi connectivity index (χ0v) is 23.1. The number of benzene rings is 4. The van der Waals surface area contributed by atoms with E-state index in [0.717, 1.165) is 55.7 Å². The van der Waals surface area contributed by atoms with Crippen LogP contribution in [0.1, 0.15) is 33.6 Å². The van der Waals surface area contributed by atoms with Crippen LogP contribution < -0.4 is 4.90 Å². The molecule has 0 bridgehead atoms. The minimum atomic E-state index is -0.914. The number of carbonyl (C=O) groups excluding carboxylic acids is 1. The number of nitrogens with one attached hydrogen (secondary N) is 2. The van der Waals surface area contributed by atoms with E-state index in [2.05, 4.69) is 69.3 Å². The Hall–Kier alpha value is -5.48. The van der Waals surface area contributed by atoms with Gasteiger partial charge in [-0.3, -0.25) is 4.79 Å². The van der Waals surface area contributed by atoms with Gasteiger partial charge in [0, 0.05) is 25.2 Å². The summed E-state index contributed by atoms with van der Waals surface area (Å²) in [5.74, 6) is 0.0188. The van der Waals surface area contributed by atoms with Gasteiger partial charge in [0.05, 0.1) is 53.3 Å². The Morgan fingerprint density at radius 2 is 1.52 bits per heavy atom. The van der Waals surface area contributed by atoms with Gasteiger partial charge in [0.15, 0.2) is 0 Å². The lowest BCUT2D eigenvalue weighted by molar-refractivity contribution is -0.123. The van der Waals surface area contributed by atoms with Gasteiger partial charge >= 0.3 is 0 Å². The van der Waals surface area contributed by atoms with Crippen molar-refractivity contribution in [3.8, 4) is 17.2 Å². The second-order valence-corrected chi connectivity index (χ2v) is 10.9. The summed E-state index contributed by atoms with van der Waals surface area (Å²) in [7, 11) is 0. The molecule has 0 spiro atoms. The van der Waals surface area contributed by atoms with Gasteiger partial charge in [0.25, 0.3) is 0 Å². The van der Waals surface area contributed by atoms with Crippen molar-refractivity contribution in [2.75, 3.05) is 4.90 Å². The van der Waals surface area contributed by atoms with Gasteiger partial charge < -0.3 is 14.9 Å². The summed E-state index contributed by atoms with van der Waals surface area (Å²) in [6.07, 6.45) is 7.87. The molecular formula is C35H28N6O. The third kappa shape index (κ3) is 4.08. The number of aromatic amines is 2. The number of anilines is 1. The smallest absolute Gasteiger partial charge is 0.238 e. The Kier molecular flexibility index (Phi) is 6.17. The maximum absolute atomic E-state index is 15.0. The highest BCUT2D eigenvalue weighted by Gasteiger charge is 2.52. The Morgan fingerprint density at radius 3 is 2.24 bits per heavy atom. The van der Waals surface area contributed by atoms with Gasteiger partial charge in [-0.15, -0.1) is 0 Å². The first-order valence-corrected chi connectivity index (χ1v) is 14.0. The molecule has 6 aromatic rings. The van der Waals surface area contributed by atoms with Crippen LogP contribution in [0.5, 0.6) is 0 Å². The number of aromatic nitrogens is 4. The molecule has 7 heteroatoms. The van der Waals surface area contributed by atoms with Crippen LogP contribution in [0.3, 0.4) is 0 Å². The predicted octanol–water partition coefficient (Wildman–Crippen LogP) is 6.40. The summed E-state index contributed by atoms with van der Waals surface area (Å²) >= 11 is 0. The van der Waals surface area contributed by atoms with Crippen molar-refractivity contribution in [2.45, 2.75) is 31.7 Å². The molecule has 1 aliphatic rings. The largest absolute Gasteiger partial charge is 0.351 e. The highest BCUT2D eigenvalue weighted by Crippen LogP contribution is 2.50. The molecule has 2 N–H and O–H groups in total. The topological polar surface area (TPSA) is 101 Å². The zero-order chi connectivity index (χ0) is 28.7. The molecule has 42 heavy (non-hydrogen) atoms. The summed E-state index contributed by atoms with van der Waals surface area (Å²) < 4.78 is 0. The third-order valence-electron chi connectivity index (χ3n) is 8.49. The SMILES string of the molecule is Cc1c(-c2ccccc2C#N)ccc2c1N(Cc1cccc3ccccc13)C(=O)C2(Cc1c[nH]cn1)Cc1c[nH]cn1. The van der Waals surface area contributed by atoms with Crippen LogP contribution in [0.15, 0.2) is 104 Å². The van der Waals surface area contributed by atoms with E-state index in [9.17, 15) is 10.1 Å². The lowest BCUT2D eigenvalue weighted by atomic mass is 9.73. The van der Waals surface area contributed by atoms with E-state index in [1.807, 2.05) is 59.8 Å². The van der Waals surface area contributed by atoms with Gasteiger partial charge in [0.2, 0.25) is 5.91 Å². The summed E-state index contributed by atoms with van der Waals surface area (Å²) in [4.78, 5) is 32.1. The number of amides is 1. The fraction of sp³-hybridized carbons (Fsp3) is 0.143. The van der Waals surface area contributed by atoms with E-state index >= 15 is 0 Å². The number of rotatable bonds is 7. The van der Waals surface area contributed by atoms with Crippen molar-refractivity contribution in [3.63, 3.8) is 0 Å². The molecule has 7 nitrogen and oxygen atoms in total. The molecule has 0 atom stereocenters. The summed E-state index contributed by atoms with van der Waals surface area (Å²) in [6.45, 7) is 2.48. The first-order chi connectivity index (χ1) is 20.6. The molecule has 1 amide bonds. The highest BCUT2D eigenvalue weighted by molar-refractivity contribution is 6.10. The van der Waals surface area contributed by atoms with Crippen LogP contribution in [0.4, 0.5) is 5.69 Å². The number of hydrogen-bond acceptors (Lipinski definition) is 4. The minimum Gasteiger partial charge on any atom is -0.351 e. The monoisotopic (exact) mass is 548 g/mol. The Balaban J connectivity index is 1.46. The van der Waals surface area contributed by atoms with E-state index in [1.54, 1.807) is 12.7 Å². The average Bonchev–Trinajstić information content (AvgIpc) is 3.77. The second kappa shape index (κ2) is 10.2. The number of hydrogen-bond donors (Lipinski definition) is 2. The van der Waals surface area contributed by atoms with Gasteiger partial charge in [-0.2, -0.15) is 5.26 Å².